The van der Waals surface area contributed by atoms with Crippen molar-refractivity contribution in [3.05, 3.63) is 65.7 Å². The van der Waals surface area contributed by atoms with Gasteiger partial charge >= 0.3 is 12.1 Å². The number of rotatable bonds is 5. The number of hydrogen-bond donors (Lipinski definition) is 0. The number of imidazole rings is 1. The molecule has 0 unspecified atom stereocenters. The van der Waals surface area contributed by atoms with Gasteiger partial charge in [0, 0.05) is 25.6 Å². The summed E-state index contributed by atoms with van der Waals surface area (Å²) < 4.78 is 52.2. The fourth-order valence-corrected chi connectivity index (χ4v) is 3.76. The van der Waals surface area contributed by atoms with Gasteiger partial charge in [0.15, 0.2) is 5.82 Å². The summed E-state index contributed by atoms with van der Waals surface area (Å²) >= 11 is 0. The van der Waals surface area contributed by atoms with Crippen LogP contribution >= 0.6 is 0 Å². The van der Waals surface area contributed by atoms with Crippen LogP contribution < -0.4 is 0 Å². The van der Waals surface area contributed by atoms with Crippen LogP contribution in [-0.2, 0) is 16.2 Å². The molecule has 32 heavy (non-hydrogen) atoms. The van der Waals surface area contributed by atoms with Gasteiger partial charge in [-0.3, -0.25) is 4.79 Å². The second-order valence-corrected chi connectivity index (χ2v) is 7.58. The van der Waals surface area contributed by atoms with Crippen LogP contribution in [0.1, 0.15) is 29.0 Å². The van der Waals surface area contributed by atoms with Gasteiger partial charge in [0.1, 0.15) is 5.82 Å². The molecule has 1 saturated heterocycles. The number of piperidine rings is 1. The summed E-state index contributed by atoms with van der Waals surface area (Å²) in [6.07, 6.45) is -4.62. The molecule has 0 atom stereocenters. The van der Waals surface area contributed by atoms with Crippen molar-refractivity contribution in [2.75, 3.05) is 13.1 Å². The average Bonchev–Trinajstić information content (AvgIpc) is 3.13. The molecule has 1 aliphatic heterocycles. The fourth-order valence-electron chi connectivity index (χ4n) is 3.76. The van der Waals surface area contributed by atoms with Crippen LogP contribution in [0.15, 0.2) is 48.5 Å². The molecule has 0 N–H and O–H groups in total. The number of hydrogen-bond acceptors (Lipinski definition) is 5. The molecule has 0 radical (unpaired) electrons. The Kier molecular flexibility index (Phi) is 5.96. The second kappa shape index (κ2) is 8.70. The van der Waals surface area contributed by atoms with E-state index in [4.69, 9.17) is 0 Å². The maximum absolute atomic E-state index is 13.3. The van der Waals surface area contributed by atoms with Gasteiger partial charge in [-0.05, 0) is 42.7 Å². The van der Waals surface area contributed by atoms with E-state index in [1.54, 1.807) is 28.8 Å². The molecule has 2 heterocycles. The summed E-state index contributed by atoms with van der Waals surface area (Å²) in [7, 11) is 0. The molecule has 0 bridgehead atoms. The monoisotopic (exact) mass is 449 g/mol. The highest BCUT2D eigenvalue weighted by Crippen LogP contribution is 2.26. The van der Waals surface area contributed by atoms with Gasteiger partial charge in [-0.1, -0.05) is 24.3 Å². The molecule has 10 heteroatoms. The van der Waals surface area contributed by atoms with Crippen molar-refractivity contribution in [3.63, 3.8) is 0 Å². The number of hydroxylamine groups is 2. The van der Waals surface area contributed by atoms with Crippen LogP contribution in [0.4, 0.5) is 17.6 Å². The molecule has 0 saturated carbocycles. The summed E-state index contributed by atoms with van der Waals surface area (Å²) in [6.45, 7) is 0.330. The smallest absolute Gasteiger partial charge is 0.361 e. The number of benzene rings is 2. The molecular formula is C22H19F4N3O3. The maximum Gasteiger partial charge on any atom is 0.492 e. The average molecular weight is 449 g/mol. The zero-order valence-corrected chi connectivity index (χ0v) is 16.8. The highest BCUT2D eigenvalue weighted by atomic mass is 19.4. The zero-order valence-electron chi connectivity index (χ0n) is 16.8. The van der Waals surface area contributed by atoms with E-state index >= 15 is 0 Å². The minimum Gasteiger partial charge on any atom is -0.361 e. The highest BCUT2D eigenvalue weighted by Gasteiger charge is 2.43. The number of nitrogens with zero attached hydrogens (tertiary/aromatic N) is 3. The molecule has 3 aromatic rings. The predicted molar refractivity (Wildman–Crippen MR) is 106 cm³/mol. The molecule has 168 valence electrons. The van der Waals surface area contributed by atoms with E-state index in [9.17, 15) is 27.2 Å². The van der Waals surface area contributed by atoms with Gasteiger partial charge in [0.2, 0.25) is 5.78 Å². The molecule has 0 aliphatic carbocycles. The van der Waals surface area contributed by atoms with E-state index in [2.05, 4.69) is 9.82 Å². The third-order valence-electron chi connectivity index (χ3n) is 5.40. The molecule has 0 amide bonds. The quantitative estimate of drug-likeness (QED) is 0.433. The number of aromatic nitrogens is 2. The summed E-state index contributed by atoms with van der Waals surface area (Å²) in [5.41, 5.74) is 2.17. The Labute approximate surface area is 180 Å². The Morgan fingerprint density at radius 2 is 1.69 bits per heavy atom. The van der Waals surface area contributed by atoms with Gasteiger partial charge in [0.25, 0.3) is 0 Å². The van der Waals surface area contributed by atoms with Crippen LogP contribution in [0.5, 0.6) is 0 Å². The first-order chi connectivity index (χ1) is 15.2. The largest absolute Gasteiger partial charge is 0.492 e. The Morgan fingerprint density at radius 1 is 1.03 bits per heavy atom. The Balaban J connectivity index is 1.53. The first kappa shape index (κ1) is 21.9. The molecule has 6 nitrogen and oxygen atoms in total. The van der Waals surface area contributed by atoms with Crippen LogP contribution in [0.3, 0.4) is 0 Å². The van der Waals surface area contributed by atoms with Gasteiger partial charge in [-0.15, -0.1) is 5.06 Å². The van der Waals surface area contributed by atoms with E-state index in [0.717, 1.165) is 16.1 Å². The lowest BCUT2D eigenvalue weighted by Gasteiger charge is -2.29. The van der Waals surface area contributed by atoms with Gasteiger partial charge in [-0.2, -0.15) is 13.2 Å². The summed E-state index contributed by atoms with van der Waals surface area (Å²) in [4.78, 5) is 33.1. The minimum atomic E-state index is -5.07. The third-order valence-corrected chi connectivity index (χ3v) is 5.40. The molecule has 1 aliphatic rings. The van der Waals surface area contributed by atoms with Crippen molar-refractivity contribution in [1.29, 1.82) is 0 Å². The number of para-hydroxylation sites is 2. The van der Waals surface area contributed by atoms with Gasteiger partial charge in [-0.25, -0.2) is 14.2 Å². The van der Waals surface area contributed by atoms with Crippen LogP contribution in [-0.4, -0.2) is 45.6 Å². The van der Waals surface area contributed by atoms with Crippen molar-refractivity contribution >= 4 is 22.8 Å². The SMILES string of the molecule is O=C(c1nc2ccccc2n1Cc1ccc(F)cc1)C1CCN(OC(=O)C(F)(F)F)CC1. The van der Waals surface area contributed by atoms with E-state index in [1.165, 1.54) is 12.1 Å². The van der Waals surface area contributed by atoms with E-state index in [-0.39, 0.29) is 43.4 Å². The number of fused-ring (bicyclic) bond motifs is 1. The summed E-state index contributed by atoms with van der Waals surface area (Å²) in [6, 6.07) is 13.2. The highest BCUT2D eigenvalue weighted by molar-refractivity contribution is 5.98. The second-order valence-electron chi connectivity index (χ2n) is 7.58. The topological polar surface area (TPSA) is 64.4 Å². The number of ketones is 1. The molecule has 2 aromatic carbocycles. The summed E-state index contributed by atoms with van der Waals surface area (Å²) in [5, 5.41) is 0.932. The van der Waals surface area contributed by atoms with Gasteiger partial charge in [0.05, 0.1) is 11.0 Å². The third kappa shape index (κ3) is 4.64. The van der Waals surface area contributed by atoms with Gasteiger partial charge < -0.3 is 9.40 Å². The number of alkyl halides is 3. The Hall–Kier alpha value is -3.27. The minimum absolute atomic E-state index is 0.0103. The van der Waals surface area contributed by atoms with Crippen molar-refractivity contribution in [2.45, 2.75) is 25.6 Å². The lowest BCUT2D eigenvalue weighted by atomic mass is 9.93. The lowest BCUT2D eigenvalue weighted by Crippen LogP contribution is -2.41. The van der Waals surface area contributed by atoms with Crippen molar-refractivity contribution in [2.24, 2.45) is 5.92 Å². The molecular weight excluding hydrogens is 430 g/mol. The first-order valence-electron chi connectivity index (χ1n) is 10.0. The zero-order chi connectivity index (χ0) is 22.9. The van der Waals surface area contributed by atoms with E-state index in [1.807, 2.05) is 12.1 Å². The Bertz CT molecular complexity index is 1130. The van der Waals surface area contributed by atoms with Crippen LogP contribution in [0.2, 0.25) is 0 Å². The van der Waals surface area contributed by atoms with E-state index in [0.29, 0.717) is 12.1 Å². The predicted octanol–water partition coefficient (Wildman–Crippen LogP) is 4.14. The normalized spacial score (nSPS) is 15.8. The molecule has 0 spiro atoms. The number of Topliss-reactive ketones (excluding diaryl/α,β-unsaturated/α-hetero) is 1. The fraction of sp³-hybridized carbons (Fsp3) is 0.318. The Morgan fingerprint density at radius 3 is 2.34 bits per heavy atom. The number of halogens is 4. The molecule has 1 fully saturated rings. The van der Waals surface area contributed by atoms with Crippen molar-refractivity contribution < 1.29 is 32.0 Å². The van der Waals surface area contributed by atoms with Crippen molar-refractivity contribution in [1.82, 2.24) is 14.6 Å². The van der Waals surface area contributed by atoms with Crippen LogP contribution in [0, 0.1) is 11.7 Å². The lowest BCUT2D eigenvalue weighted by molar-refractivity contribution is -0.241. The molecule has 4 rings (SSSR count). The molecule has 1 aromatic heterocycles. The van der Waals surface area contributed by atoms with Crippen LogP contribution in [0.25, 0.3) is 11.0 Å². The standard InChI is InChI=1S/C22H19F4N3O3/c23-16-7-5-14(6-8-16)13-29-18-4-2-1-3-17(18)27-20(29)19(30)15-9-11-28(12-10-15)32-21(31)22(24,25)26/h1-8,15H,9-13H2. The number of carbonyl (C=O) groups excluding carboxylic acids is 2. The van der Waals surface area contributed by atoms with E-state index < -0.39 is 18.1 Å². The first-order valence-corrected chi connectivity index (χ1v) is 10.0. The maximum atomic E-state index is 13.3. The summed E-state index contributed by atoms with van der Waals surface area (Å²) in [5.74, 6) is -3.10. The van der Waals surface area contributed by atoms with Crippen molar-refractivity contribution in [3.8, 4) is 0 Å². The number of carbonyl (C=O) groups is 2.